The first-order valence-electron chi connectivity index (χ1n) is 9.80. The Bertz CT molecular complexity index is 832. The number of nitrogens with two attached hydrogens (primary N) is 1. The van der Waals surface area contributed by atoms with E-state index in [0.717, 1.165) is 6.07 Å². The number of benzene rings is 1. The Labute approximate surface area is 187 Å². The van der Waals surface area contributed by atoms with Gasteiger partial charge in [0.1, 0.15) is 5.60 Å². The largest absolute Gasteiger partial charge is 0.462 e. The summed E-state index contributed by atoms with van der Waals surface area (Å²) in [5.41, 5.74) is 3.87. The predicted octanol–water partition coefficient (Wildman–Crippen LogP) is 4.28. The molecule has 1 aromatic carbocycles. The second-order valence-electron chi connectivity index (χ2n) is 8.14. The van der Waals surface area contributed by atoms with Crippen LogP contribution in [0.15, 0.2) is 10.5 Å². The lowest BCUT2D eigenvalue weighted by Crippen LogP contribution is -2.49. The first-order chi connectivity index (χ1) is 14.2. The van der Waals surface area contributed by atoms with Crippen LogP contribution >= 0.6 is 15.9 Å². The van der Waals surface area contributed by atoms with Crippen LogP contribution in [-0.2, 0) is 22.2 Å². The summed E-state index contributed by atoms with van der Waals surface area (Å²) >= 11 is 3.14. The van der Waals surface area contributed by atoms with Crippen molar-refractivity contribution in [2.75, 3.05) is 38.5 Å². The first kappa shape index (κ1) is 25.3. The molecule has 2 N–H and O–H groups in total. The van der Waals surface area contributed by atoms with Crippen molar-refractivity contribution < 1.29 is 32.2 Å². The highest BCUT2D eigenvalue weighted by atomic mass is 79.9. The fourth-order valence-electron chi connectivity index (χ4n) is 3.13. The number of rotatable bonds is 4. The predicted molar refractivity (Wildman–Crippen MR) is 113 cm³/mol. The summed E-state index contributed by atoms with van der Waals surface area (Å²) in [6.07, 6.45) is -5.14. The highest BCUT2D eigenvalue weighted by molar-refractivity contribution is 9.10. The molecule has 0 unspecified atom stereocenters. The van der Waals surface area contributed by atoms with Gasteiger partial charge in [0, 0.05) is 37.2 Å². The minimum atomic E-state index is -4.69. The number of amides is 1. The van der Waals surface area contributed by atoms with Gasteiger partial charge in [0.15, 0.2) is 0 Å². The third-order valence-corrected chi connectivity index (χ3v) is 5.52. The van der Waals surface area contributed by atoms with Crippen LogP contribution in [0.4, 0.5) is 23.7 Å². The molecule has 1 aliphatic rings. The number of anilines is 1. The lowest BCUT2D eigenvalue weighted by molar-refractivity contribution is -0.138. The third kappa shape index (κ3) is 6.49. The zero-order valence-corrected chi connectivity index (χ0v) is 19.5. The highest BCUT2D eigenvalue weighted by Gasteiger charge is 2.37. The number of halogens is 4. The van der Waals surface area contributed by atoms with Crippen molar-refractivity contribution in [2.24, 2.45) is 0 Å². The summed E-state index contributed by atoms with van der Waals surface area (Å²) in [4.78, 5) is 27.6. The van der Waals surface area contributed by atoms with E-state index in [1.807, 2.05) is 0 Å². The van der Waals surface area contributed by atoms with E-state index >= 15 is 0 Å². The van der Waals surface area contributed by atoms with Crippen molar-refractivity contribution in [3.63, 3.8) is 0 Å². The van der Waals surface area contributed by atoms with Crippen LogP contribution in [0.1, 0.15) is 49.2 Å². The molecule has 0 aliphatic carbocycles. The van der Waals surface area contributed by atoms with Gasteiger partial charge in [0.05, 0.1) is 23.4 Å². The van der Waals surface area contributed by atoms with E-state index in [2.05, 4.69) is 15.9 Å². The molecule has 0 saturated carbocycles. The molecule has 1 amide bonds. The monoisotopic (exact) mass is 509 g/mol. The Kier molecular flexibility index (Phi) is 7.85. The van der Waals surface area contributed by atoms with E-state index in [-0.39, 0.29) is 34.4 Å². The molecule has 0 bridgehead atoms. The van der Waals surface area contributed by atoms with E-state index in [4.69, 9.17) is 15.2 Å². The SMILES string of the molecule is CCOC(=O)c1cc(C(F)(F)F)c(CN2CCN(C(=O)OC(C)(C)C)CC2)c(Br)c1N. The van der Waals surface area contributed by atoms with E-state index < -0.39 is 29.4 Å². The Hall–Kier alpha value is -2.01. The number of carbonyl (C=O) groups excluding carboxylic acids is 2. The van der Waals surface area contributed by atoms with E-state index in [1.54, 1.807) is 32.6 Å². The smallest absolute Gasteiger partial charge is 0.416 e. The summed E-state index contributed by atoms with van der Waals surface area (Å²) in [5, 5.41) is 0. The number of hydrogen-bond acceptors (Lipinski definition) is 6. The molecule has 31 heavy (non-hydrogen) atoms. The molecular formula is C20H27BrF3N3O4. The molecule has 11 heteroatoms. The van der Waals surface area contributed by atoms with Crippen molar-refractivity contribution in [3.05, 3.63) is 27.2 Å². The third-order valence-electron chi connectivity index (χ3n) is 4.61. The minimum absolute atomic E-state index is 0.0138. The van der Waals surface area contributed by atoms with Crippen molar-refractivity contribution in [3.8, 4) is 0 Å². The Morgan fingerprint density at radius 3 is 2.23 bits per heavy atom. The number of hydrogen-bond donors (Lipinski definition) is 1. The van der Waals surface area contributed by atoms with Gasteiger partial charge in [-0.15, -0.1) is 0 Å². The van der Waals surface area contributed by atoms with Crippen molar-refractivity contribution in [1.82, 2.24) is 9.80 Å². The van der Waals surface area contributed by atoms with Crippen LogP contribution < -0.4 is 5.73 Å². The van der Waals surface area contributed by atoms with Crippen LogP contribution in [0.5, 0.6) is 0 Å². The van der Waals surface area contributed by atoms with Crippen LogP contribution in [0, 0.1) is 0 Å². The average Bonchev–Trinajstić information content (AvgIpc) is 2.64. The van der Waals surface area contributed by atoms with Gasteiger partial charge < -0.3 is 20.1 Å². The van der Waals surface area contributed by atoms with Gasteiger partial charge in [0.2, 0.25) is 0 Å². The Morgan fingerprint density at radius 2 is 1.74 bits per heavy atom. The normalized spacial score (nSPS) is 15.7. The topological polar surface area (TPSA) is 85.1 Å². The van der Waals surface area contributed by atoms with Gasteiger partial charge in [0.25, 0.3) is 0 Å². The number of nitrogen functional groups attached to an aromatic ring is 1. The second kappa shape index (κ2) is 9.64. The zero-order chi connectivity index (χ0) is 23.6. The number of nitrogens with zero attached hydrogens (tertiary/aromatic N) is 2. The molecule has 7 nitrogen and oxygen atoms in total. The van der Waals surface area contributed by atoms with Crippen LogP contribution in [-0.4, -0.2) is 60.2 Å². The quantitative estimate of drug-likeness (QED) is 0.481. The first-order valence-corrected chi connectivity index (χ1v) is 10.6. The molecule has 1 fully saturated rings. The summed E-state index contributed by atoms with van der Waals surface area (Å²) in [6, 6.07) is 0.740. The molecule has 0 radical (unpaired) electrons. The maximum absolute atomic E-state index is 13.8. The molecule has 1 aromatic rings. The van der Waals surface area contributed by atoms with Crippen LogP contribution in [0.3, 0.4) is 0 Å². The number of esters is 1. The minimum Gasteiger partial charge on any atom is -0.462 e. The molecule has 1 aliphatic heterocycles. The number of alkyl halides is 3. The second-order valence-corrected chi connectivity index (χ2v) is 8.93. The van der Waals surface area contributed by atoms with E-state index in [9.17, 15) is 22.8 Å². The Balaban J connectivity index is 2.23. The summed E-state index contributed by atoms with van der Waals surface area (Å²) in [5.74, 6) is -0.913. The highest BCUT2D eigenvalue weighted by Crippen LogP contribution is 2.40. The van der Waals surface area contributed by atoms with E-state index in [0.29, 0.717) is 26.2 Å². The molecular weight excluding hydrogens is 483 g/mol. The Morgan fingerprint density at radius 1 is 1.16 bits per heavy atom. The zero-order valence-electron chi connectivity index (χ0n) is 17.9. The standard InChI is InChI=1S/C20H27BrF3N3O4/c1-5-30-17(28)12-10-14(20(22,23)24)13(15(21)16(12)25)11-26-6-8-27(9-7-26)18(29)31-19(2,3)4/h10H,5-9,11,25H2,1-4H3. The average molecular weight is 510 g/mol. The molecule has 0 atom stereocenters. The number of carbonyl (C=O) groups is 2. The van der Waals surface area contributed by atoms with Crippen LogP contribution in [0.25, 0.3) is 0 Å². The van der Waals surface area contributed by atoms with Gasteiger partial charge in [-0.25, -0.2) is 9.59 Å². The van der Waals surface area contributed by atoms with Gasteiger partial charge >= 0.3 is 18.2 Å². The molecule has 174 valence electrons. The number of ether oxygens (including phenoxy) is 2. The number of piperazine rings is 1. The fraction of sp³-hybridized carbons (Fsp3) is 0.600. The van der Waals surface area contributed by atoms with Crippen LogP contribution in [0.2, 0.25) is 0 Å². The van der Waals surface area contributed by atoms with Crippen molar-refractivity contribution in [1.29, 1.82) is 0 Å². The van der Waals surface area contributed by atoms with Crippen molar-refractivity contribution >= 4 is 33.7 Å². The van der Waals surface area contributed by atoms with Gasteiger partial charge in [-0.05, 0) is 55.3 Å². The molecule has 0 aromatic heterocycles. The maximum atomic E-state index is 13.8. The summed E-state index contributed by atoms with van der Waals surface area (Å²) in [7, 11) is 0. The van der Waals surface area contributed by atoms with Gasteiger partial charge in [-0.2, -0.15) is 13.2 Å². The fourth-order valence-corrected chi connectivity index (χ4v) is 3.68. The summed E-state index contributed by atoms with van der Waals surface area (Å²) < 4.78 is 51.5. The van der Waals surface area contributed by atoms with Gasteiger partial charge in [-0.3, -0.25) is 4.90 Å². The van der Waals surface area contributed by atoms with Gasteiger partial charge in [-0.1, -0.05) is 0 Å². The van der Waals surface area contributed by atoms with E-state index in [1.165, 1.54) is 4.90 Å². The molecule has 1 saturated heterocycles. The molecule has 1 heterocycles. The lowest BCUT2D eigenvalue weighted by atomic mass is 10.0. The molecule has 0 spiro atoms. The maximum Gasteiger partial charge on any atom is 0.416 e. The lowest BCUT2D eigenvalue weighted by Gasteiger charge is -2.36. The van der Waals surface area contributed by atoms with Crippen molar-refractivity contribution in [2.45, 2.75) is 46.0 Å². The summed E-state index contributed by atoms with van der Waals surface area (Å²) in [6.45, 7) is 8.19. The molecule has 2 rings (SSSR count).